The number of anilines is 1. The van der Waals surface area contributed by atoms with Gasteiger partial charge in [0.25, 0.3) is 0 Å². The van der Waals surface area contributed by atoms with Gasteiger partial charge in [0.05, 0.1) is 18.3 Å². The fourth-order valence-corrected chi connectivity index (χ4v) is 2.82. The van der Waals surface area contributed by atoms with Crippen molar-refractivity contribution in [3.05, 3.63) is 89.0 Å². The maximum absolute atomic E-state index is 9.55. The molecule has 1 atom stereocenters. The van der Waals surface area contributed by atoms with Crippen molar-refractivity contribution in [2.45, 2.75) is 6.04 Å². The summed E-state index contributed by atoms with van der Waals surface area (Å²) in [6.45, 7) is 1.21. The lowest BCUT2D eigenvalue weighted by Crippen LogP contribution is -2.31. The second-order valence-electron chi connectivity index (χ2n) is 6.84. The average molecular weight is 518 g/mol. The molecule has 1 aliphatic rings. The van der Waals surface area contributed by atoms with Crippen molar-refractivity contribution in [1.29, 1.82) is 0 Å². The van der Waals surface area contributed by atoms with Gasteiger partial charge in [-0.3, -0.25) is 4.99 Å². The molecule has 0 aliphatic carbocycles. The molecule has 0 saturated carbocycles. The number of hydrogen-bond acceptors (Lipinski definition) is 7. The summed E-state index contributed by atoms with van der Waals surface area (Å²) >= 11 is 6.15. The molecular weight excluding hydrogens is 494 g/mol. The van der Waals surface area contributed by atoms with Gasteiger partial charge >= 0.3 is 23.9 Å². The molecule has 0 aromatic heterocycles. The molecule has 1 aliphatic heterocycles. The van der Waals surface area contributed by atoms with Gasteiger partial charge in [-0.2, -0.15) is 0 Å². The SMILES string of the molecule is NCC1CN=C(c2ccccc2)c2cc(Cl)ccc2N1.O=C(O)/C=C\C(=O)O.O=C(O)/C=C\C(=O)O. The van der Waals surface area contributed by atoms with Crippen LogP contribution >= 0.6 is 11.6 Å². The van der Waals surface area contributed by atoms with Crippen LogP contribution in [0, 0.1) is 0 Å². The van der Waals surface area contributed by atoms with E-state index in [1.807, 2.05) is 36.4 Å². The molecule has 0 radical (unpaired) electrons. The second-order valence-corrected chi connectivity index (χ2v) is 7.28. The highest BCUT2D eigenvalue weighted by Crippen LogP contribution is 2.26. The highest BCUT2D eigenvalue weighted by Gasteiger charge is 2.18. The number of nitrogens with two attached hydrogens (primary N) is 1. The summed E-state index contributed by atoms with van der Waals surface area (Å²) in [4.78, 5) is 43.0. The van der Waals surface area contributed by atoms with Crippen molar-refractivity contribution in [2.75, 3.05) is 18.4 Å². The van der Waals surface area contributed by atoms with E-state index in [0.717, 1.165) is 22.5 Å². The third kappa shape index (κ3) is 11.6. The number of aliphatic carboxylic acids is 4. The van der Waals surface area contributed by atoms with Crippen molar-refractivity contribution in [3.63, 3.8) is 0 Å². The predicted molar refractivity (Wildman–Crippen MR) is 134 cm³/mol. The largest absolute Gasteiger partial charge is 0.478 e. The number of carboxylic acids is 4. The minimum atomic E-state index is -1.26. The van der Waals surface area contributed by atoms with Gasteiger partial charge in [-0.25, -0.2) is 19.2 Å². The number of nitrogens with one attached hydrogen (secondary N) is 1. The van der Waals surface area contributed by atoms with Crippen LogP contribution in [0.1, 0.15) is 11.1 Å². The maximum atomic E-state index is 9.55. The molecule has 2 aromatic rings. The first kappa shape index (κ1) is 29.6. The lowest BCUT2D eigenvalue weighted by molar-refractivity contribution is -0.134. The Labute approximate surface area is 210 Å². The standard InChI is InChI=1S/C16H16ClN3.2C4H4O4/c17-12-6-7-15-14(8-12)16(11-4-2-1-3-5-11)19-10-13(9-18)20-15;2*5-3(6)1-2-4(7)8/h1-8,13,20H,9-10,18H2;2*1-2H,(H,5,6)(H,7,8)/b;2*2-1-. The number of carbonyl (C=O) groups is 4. The third-order valence-electron chi connectivity index (χ3n) is 4.13. The van der Waals surface area contributed by atoms with Gasteiger partial charge in [-0.1, -0.05) is 41.9 Å². The van der Waals surface area contributed by atoms with Gasteiger partial charge in [0.15, 0.2) is 0 Å². The van der Waals surface area contributed by atoms with Gasteiger partial charge in [0, 0.05) is 52.7 Å². The summed E-state index contributed by atoms with van der Waals surface area (Å²) < 4.78 is 0. The zero-order valence-electron chi connectivity index (χ0n) is 18.7. The van der Waals surface area contributed by atoms with Crippen LogP contribution in [0.4, 0.5) is 5.69 Å². The molecule has 7 N–H and O–H groups in total. The van der Waals surface area contributed by atoms with Gasteiger partial charge in [-0.05, 0) is 18.2 Å². The number of rotatable bonds is 6. The maximum Gasteiger partial charge on any atom is 0.328 e. The number of hydrogen-bond donors (Lipinski definition) is 6. The number of nitrogens with zero attached hydrogens (tertiary/aromatic N) is 1. The fourth-order valence-electron chi connectivity index (χ4n) is 2.65. The summed E-state index contributed by atoms with van der Waals surface area (Å²) in [7, 11) is 0. The third-order valence-corrected chi connectivity index (χ3v) is 4.37. The van der Waals surface area contributed by atoms with E-state index in [4.69, 9.17) is 42.8 Å². The first-order valence-electron chi connectivity index (χ1n) is 10.2. The van der Waals surface area contributed by atoms with E-state index in [1.54, 1.807) is 0 Å². The Hall–Kier alpha value is -4.48. The van der Waals surface area contributed by atoms with Crippen molar-refractivity contribution in [2.24, 2.45) is 10.7 Å². The van der Waals surface area contributed by atoms with Crippen LogP contribution in [0.2, 0.25) is 5.02 Å². The molecule has 0 bridgehead atoms. The molecule has 0 fully saturated rings. The van der Waals surface area contributed by atoms with E-state index in [2.05, 4.69) is 17.4 Å². The van der Waals surface area contributed by atoms with Gasteiger partial charge < -0.3 is 31.5 Å². The average Bonchev–Trinajstić information content (AvgIpc) is 3.02. The summed E-state index contributed by atoms with van der Waals surface area (Å²) in [6.07, 6.45) is 2.23. The molecule has 36 heavy (non-hydrogen) atoms. The Kier molecular flexibility index (Phi) is 12.7. The Morgan fingerprint density at radius 1 is 0.889 bits per heavy atom. The summed E-state index contributed by atoms with van der Waals surface area (Å²) in [5, 5.41) is 35.4. The van der Waals surface area contributed by atoms with E-state index in [9.17, 15) is 19.2 Å². The number of benzene rings is 2. The Morgan fingerprint density at radius 2 is 1.39 bits per heavy atom. The molecule has 3 rings (SSSR count). The van der Waals surface area contributed by atoms with E-state index in [0.29, 0.717) is 42.4 Å². The van der Waals surface area contributed by atoms with E-state index < -0.39 is 23.9 Å². The quantitative estimate of drug-likeness (QED) is 0.309. The minimum absolute atomic E-state index is 0.149. The zero-order valence-corrected chi connectivity index (χ0v) is 19.5. The second kappa shape index (κ2) is 15.4. The Morgan fingerprint density at radius 3 is 1.83 bits per heavy atom. The van der Waals surface area contributed by atoms with Gasteiger partial charge in [-0.15, -0.1) is 0 Å². The minimum Gasteiger partial charge on any atom is -0.478 e. The Balaban J connectivity index is 0.000000337. The predicted octanol–water partition coefficient (Wildman–Crippen LogP) is 2.35. The number of benzodiazepines with no additional fused rings is 1. The normalized spacial score (nSPS) is 14.1. The highest BCUT2D eigenvalue weighted by atomic mass is 35.5. The van der Waals surface area contributed by atoms with Gasteiger partial charge in [0.1, 0.15) is 0 Å². The monoisotopic (exact) mass is 517 g/mol. The molecule has 12 heteroatoms. The summed E-state index contributed by atoms with van der Waals surface area (Å²) in [6, 6.07) is 16.1. The van der Waals surface area contributed by atoms with Crippen LogP contribution in [-0.2, 0) is 19.2 Å². The lowest BCUT2D eigenvalue weighted by atomic mass is 10.0. The van der Waals surface area contributed by atoms with Crippen molar-refractivity contribution in [3.8, 4) is 0 Å². The van der Waals surface area contributed by atoms with Crippen molar-refractivity contribution >= 4 is 46.9 Å². The first-order valence-corrected chi connectivity index (χ1v) is 10.6. The van der Waals surface area contributed by atoms with Crippen LogP contribution < -0.4 is 11.1 Å². The molecule has 1 heterocycles. The Bertz CT molecular complexity index is 1100. The molecule has 190 valence electrons. The van der Waals surface area contributed by atoms with Crippen molar-refractivity contribution < 1.29 is 39.6 Å². The first-order chi connectivity index (χ1) is 17.0. The zero-order chi connectivity index (χ0) is 27.1. The molecule has 11 nitrogen and oxygen atoms in total. The lowest BCUT2D eigenvalue weighted by Gasteiger charge is -2.15. The number of carboxylic acid groups (broad SMARTS) is 4. The van der Waals surface area contributed by atoms with E-state index in [1.165, 1.54) is 0 Å². The molecule has 0 saturated heterocycles. The van der Waals surface area contributed by atoms with Crippen LogP contribution in [-0.4, -0.2) is 69.1 Å². The van der Waals surface area contributed by atoms with Crippen LogP contribution in [0.3, 0.4) is 0 Å². The van der Waals surface area contributed by atoms with Crippen molar-refractivity contribution in [1.82, 2.24) is 0 Å². The fraction of sp³-hybridized carbons (Fsp3) is 0.125. The van der Waals surface area contributed by atoms with Gasteiger partial charge in [0.2, 0.25) is 0 Å². The van der Waals surface area contributed by atoms with Crippen LogP contribution in [0.5, 0.6) is 0 Å². The molecule has 2 aromatic carbocycles. The molecule has 0 spiro atoms. The number of halogens is 1. The topological polar surface area (TPSA) is 200 Å². The smallest absolute Gasteiger partial charge is 0.328 e. The van der Waals surface area contributed by atoms with Crippen LogP contribution in [0.15, 0.2) is 77.8 Å². The van der Waals surface area contributed by atoms with Crippen LogP contribution in [0.25, 0.3) is 0 Å². The highest BCUT2D eigenvalue weighted by molar-refractivity contribution is 6.31. The molecule has 0 amide bonds. The van der Waals surface area contributed by atoms with E-state index >= 15 is 0 Å². The number of aliphatic imine (C=N–C) groups is 1. The molecule has 1 unspecified atom stereocenters. The van der Waals surface area contributed by atoms with E-state index in [-0.39, 0.29) is 6.04 Å². The number of fused-ring (bicyclic) bond motifs is 1. The summed E-state index contributed by atoms with van der Waals surface area (Å²) in [5.74, 6) is -5.03. The molecular formula is C24H24ClN3O8. The summed E-state index contributed by atoms with van der Waals surface area (Å²) in [5.41, 5.74) is 9.90.